The first-order chi connectivity index (χ1) is 5.79. The Kier molecular flexibility index (Phi) is 4.77. The molecular formula is C10H16N2. The second-order valence-corrected chi connectivity index (χ2v) is 1.99. The molecule has 2 heteroatoms. The van der Waals surface area contributed by atoms with Gasteiger partial charge in [-0.2, -0.15) is 0 Å². The van der Waals surface area contributed by atoms with Gasteiger partial charge in [0.1, 0.15) is 5.82 Å². The molecule has 0 aliphatic rings. The molecule has 0 amide bonds. The van der Waals surface area contributed by atoms with Gasteiger partial charge in [0, 0.05) is 6.20 Å². The quantitative estimate of drug-likeness (QED) is 0.657. The molecule has 0 saturated carbocycles. The topological polar surface area (TPSA) is 17.8 Å². The van der Waals surface area contributed by atoms with Gasteiger partial charge in [-0.1, -0.05) is 27.0 Å². The van der Waals surface area contributed by atoms with E-state index in [0.717, 1.165) is 11.5 Å². The van der Waals surface area contributed by atoms with Crippen LogP contribution in [0.3, 0.4) is 0 Å². The van der Waals surface area contributed by atoms with Crippen LogP contribution in [0.4, 0.5) is 0 Å². The summed E-state index contributed by atoms with van der Waals surface area (Å²) in [6, 6.07) is 0. The highest BCUT2D eigenvalue weighted by Gasteiger charge is 1.97. The van der Waals surface area contributed by atoms with Crippen LogP contribution in [0.15, 0.2) is 19.4 Å². The van der Waals surface area contributed by atoms with Crippen LogP contribution in [0, 0.1) is 6.92 Å². The molecule has 0 saturated heterocycles. The van der Waals surface area contributed by atoms with Crippen molar-refractivity contribution in [3.8, 4) is 0 Å². The molecule has 1 heterocycles. The molecule has 1 rings (SSSR count). The van der Waals surface area contributed by atoms with E-state index in [1.165, 1.54) is 0 Å². The van der Waals surface area contributed by atoms with E-state index in [1.54, 1.807) is 18.5 Å². The maximum absolute atomic E-state index is 4.08. The normalized spacial score (nSPS) is 8.25. The van der Waals surface area contributed by atoms with Crippen molar-refractivity contribution in [2.45, 2.75) is 20.8 Å². The van der Waals surface area contributed by atoms with Crippen molar-refractivity contribution < 1.29 is 0 Å². The summed E-state index contributed by atoms with van der Waals surface area (Å²) in [6.07, 6.45) is 5.24. The van der Waals surface area contributed by atoms with Gasteiger partial charge >= 0.3 is 0 Å². The molecule has 0 unspecified atom stereocenters. The number of imidazole rings is 1. The summed E-state index contributed by atoms with van der Waals surface area (Å²) in [5.41, 5.74) is 0.979. The molecular weight excluding hydrogens is 148 g/mol. The Morgan fingerprint density at radius 3 is 2.33 bits per heavy atom. The lowest BCUT2D eigenvalue weighted by Gasteiger charge is -1.96. The molecule has 0 N–H and O–H groups in total. The average Bonchev–Trinajstić information content (AvgIpc) is 2.49. The first kappa shape index (κ1) is 10.7. The summed E-state index contributed by atoms with van der Waals surface area (Å²) < 4.78 is 1.88. The first-order valence-electron chi connectivity index (χ1n) is 4.08. The fourth-order valence-electron chi connectivity index (χ4n) is 0.859. The lowest BCUT2D eigenvalue weighted by molar-refractivity contribution is 1.02. The van der Waals surface area contributed by atoms with Gasteiger partial charge in [0.05, 0.1) is 11.9 Å². The molecule has 0 aliphatic heterocycles. The van der Waals surface area contributed by atoms with Crippen LogP contribution in [-0.2, 0) is 0 Å². The van der Waals surface area contributed by atoms with Gasteiger partial charge in [-0.05, 0) is 13.0 Å². The third-order valence-corrected chi connectivity index (χ3v) is 1.40. The van der Waals surface area contributed by atoms with Crippen molar-refractivity contribution in [3.05, 3.63) is 30.9 Å². The SMILES string of the molecule is C=Cc1cnc(C)n1C=C.CC. The Morgan fingerprint density at radius 1 is 1.42 bits per heavy atom. The predicted octanol–water partition coefficient (Wildman–Crippen LogP) is 2.96. The zero-order chi connectivity index (χ0) is 9.56. The minimum Gasteiger partial charge on any atom is -0.305 e. The van der Waals surface area contributed by atoms with Crippen LogP contribution >= 0.6 is 0 Å². The monoisotopic (exact) mass is 164 g/mol. The predicted molar refractivity (Wildman–Crippen MR) is 54.8 cm³/mol. The first-order valence-corrected chi connectivity index (χ1v) is 4.08. The third kappa shape index (κ3) is 2.09. The molecule has 1 aromatic rings. The van der Waals surface area contributed by atoms with E-state index in [2.05, 4.69) is 18.1 Å². The number of nitrogens with zero attached hydrogens (tertiary/aromatic N) is 2. The summed E-state index contributed by atoms with van der Waals surface area (Å²) in [5, 5.41) is 0. The van der Waals surface area contributed by atoms with Crippen molar-refractivity contribution in [3.63, 3.8) is 0 Å². The number of rotatable bonds is 2. The van der Waals surface area contributed by atoms with Gasteiger partial charge in [-0.3, -0.25) is 0 Å². The van der Waals surface area contributed by atoms with Gasteiger partial charge in [-0.15, -0.1) is 0 Å². The molecule has 0 spiro atoms. The minimum absolute atomic E-state index is 0.935. The summed E-state index contributed by atoms with van der Waals surface area (Å²) in [4.78, 5) is 4.08. The van der Waals surface area contributed by atoms with E-state index in [0.29, 0.717) is 0 Å². The molecule has 1 aromatic heterocycles. The number of aromatic nitrogens is 2. The Labute approximate surface area is 74.3 Å². The number of aryl methyl sites for hydroxylation is 1. The third-order valence-electron chi connectivity index (χ3n) is 1.40. The van der Waals surface area contributed by atoms with Gasteiger partial charge < -0.3 is 4.57 Å². The molecule has 66 valence electrons. The largest absolute Gasteiger partial charge is 0.305 e. The molecule has 12 heavy (non-hydrogen) atoms. The van der Waals surface area contributed by atoms with Crippen molar-refractivity contribution in [2.75, 3.05) is 0 Å². The Hall–Kier alpha value is -1.31. The standard InChI is InChI=1S/C8H10N2.C2H6/c1-4-8-6-9-7(3)10(8)5-2;1-2/h4-6H,1-2H2,3H3;1-2H3. The zero-order valence-electron chi connectivity index (χ0n) is 8.04. The van der Waals surface area contributed by atoms with E-state index < -0.39 is 0 Å². The molecule has 2 nitrogen and oxygen atoms in total. The van der Waals surface area contributed by atoms with Crippen LogP contribution in [-0.4, -0.2) is 9.55 Å². The Balaban J connectivity index is 0.000000561. The molecule has 0 atom stereocenters. The Morgan fingerprint density at radius 2 is 2.00 bits per heavy atom. The molecule has 0 aliphatic carbocycles. The summed E-state index contributed by atoms with van der Waals surface area (Å²) in [6.45, 7) is 13.2. The second-order valence-electron chi connectivity index (χ2n) is 1.99. The highest BCUT2D eigenvalue weighted by Crippen LogP contribution is 2.04. The fraction of sp³-hybridized carbons (Fsp3) is 0.300. The van der Waals surface area contributed by atoms with Gasteiger partial charge in [0.25, 0.3) is 0 Å². The summed E-state index contributed by atoms with van der Waals surface area (Å²) >= 11 is 0. The van der Waals surface area contributed by atoms with Crippen LogP contribution in [0.25, 0.3) is 12.3 Å². The van der Waals surface area contributed by atoms with Crippen LogP contribution < -0.4 is 0 Å². The lowest BCUT2D eigenvalue weighted by atomic mass is 10.4. The van der Waals surface area contributed by atoms with E-state index in [1.807, 2.05) is 25.3 Å². The van der Waals surface area contributed by atoms with E-state index in [-0.39, 0.29) is 0 Å². The second kappa shape index (κ2) is 5.35. The maximum Gasteiger partial charge on any atom is 0.110 e. The number of hydrogen-bond donors (Lipinski definition) is 0. The van der Waals surface area contributed by atoms with E-state index >= 15 is 0 Å². The van der Waals surface area contributed by atoms with Gasteiger partial charge in [-0.25, -0.2) is 4.98 Å². The smallest absolute Gasteiger partial charge is 0.110 e. The van der Waals surface area contributed by atoms with E-state index in [4.69, 9.17) is 0 Å². The Bertz CT molecular complexity index is 259. The van der Waals surface area contributed by atoms with Crippen molar-refractivity contribution in [2.24, 2.45) is 0 Å². The van der Waals surface area contributed by atoms with Crippen LogP contribution in [0.5, 0.6) is 0 Å². The van der Waals surface area contributed by atoms with Crippen LogP contribution in [0.1, 0.15) is 25.4 Å². The minimum atomic E-state index is 0.935. The molecule has 0 aromatic carbocycles. The average molecular weight is 164 g/mol. The summed E-state index contributed by atoms with van der Waals surface area (Å²) in [5.74, 6) is 0.935. The number of hydrogen-bond acceptors (Lipinski definition) is 1. The van der Waals surface area contributed by atoms with Crippen molar-refractivity contribution in [1.82, 2.24) is 9.55 Å². The summed E-state index contributed by atoms with van der Waals surface area (Å²) in [7, 11) is 0. The molecule has 0 fully saturated rings. The maximum atomic E-state index is 4.08. The highest BCUT2D eigenvalue weighted by molar-refractivity contribution is 5.46. The highest BCUT2D eigenvalue weighted by atomic mass is 15.1. The lowest BCUT2D eigenvalue weighted by Crippen LogP contribution is -1.90. The fourth-order valence-corrected chi connectivity index (χ4v) is 0.859. The van der Waals surface area contributed by atoms with Gasteiger partial charge in [0.2, 0.25) is 0 Å². The van der Waals surface area contributed by atoms with Crippen LogP contribution in [0.2, 0.25) is 0 Å². The van der Waals surface area contributed by atoms with Crippen molar-refractivity contribution >= 4 is 12.3 Å². The van der Waals surface area contributed by atoms with E-state index in [9.17, 15) is 0 Å². The zero-order valence-corrected chi connectivity index (χ0v) is 8.04. The van der Waals surface area contributed by atoms with Crippen molar-refractivity contribution in [1.29, 1.82) is 0 Å². The van der Waals surface area contributed by atoms with Gasteiger partial charge in [0.15, 0.2) is 0 Å². The molecule has 0 radical (unpaired) electrons. The molecule has 0 bridgehead atoms.